The molecule has 1 spiro atoms. The predicted octanol–water partition coefficient (Wildman–Crippen LogP) is 2.11. The number of likely N-dealkylation sites (tertiary alicyclic amines) is 1. The number of benzene rings is 1. The van der Waals surface area contributed by atoms with E-state index >= 15 is 0 Å². The minimum Gasteiger partial charge on any atom is -0.493 e. The number of aliphatic hydroxyl groups excluding tert-OH is 1. The lowest BCUT2D eigenvalue weighted by Crippen LogP contribution is -2.51. The summed E-state index contributed by atoms with van der Waals surface area (Å²) in [6.07, 6.45) is 1.33. The van der Waals surface area contributed by atoms with Crippen LogP contribution in [0.5, 0.6) is 11.5 Å². The summed E-state index contributed by atoms with van der Waals surface area (Å²) in [5.41, 5.74) is 1.96. The van der Waals surface area contributed by atoms with Crippen molar-refractivity contribution in [2.45, 2.75) is 44.8 Å². The molecule has 3 rings (SSSR count). The molecule has 0 aliphatic carbocycles. The molecule has 0 saturated carbocycles. The Labute approximate surface area is 155 Å². The van der Waals surface area contributed by atoms with Crippen LogP contribution in [0.15, 0.2) is 12.1 Å². The fourth-order valence-electron chi connectivity index (χ4n) is 3.96. The van der Waals surface area contributed by atoms with Crippen molar-refractivity contribution in [2.24, 2.45) is 5.92 Å². The zero-order valence-corrected chi connectivity index (χ0v) is 16.1. The van der Waals surface area contributed by atoms with Gasteiger partial charge in [-0.1, -0.05) is 13.8 Å². The molecule has 1 saturated heterocycles. The molecule has 2 heterocycles. The zero-order valence-electron chi connectivity index (χ0n) is 16.1. The summed E-state index contributed by atoms with van der Waals surface area (Å²) in [4.78, 5) is 14.2. The second kappa shape index (κ2) is 7.45. The van der Waals surface area contributed by atoms with Crippen LogP contribution in [0.1, 0.15) is 37.8 Å². The number of ether oxygens (including phenoxy) is 3. The maximum Gasteiger partial charge on any atom is 0.251 e. The van der Waals surface area contributed by atoms with Crippen LogP contribution < -0.4 is 9.47 Å². The van der Waals surface area contributed by atoms with E-state index in [0.29, 0.717) is 38.3 Å². The molecule has 0 aromatic heterocycles. The summed E-state index contributed by atoms with van der Waals surface area (Å²) in [7, 11) is 3.28. The Hall–Kier alpha value is -1.79. The first-order valence-corrected chi connectivity index (χ1v) is 9.28. The lowest BCUT2D eigenvalue weighted by Gasteiger charge is -2.45. The van der Waals surface area contributed by atoms with Crippen LogP contribution in [-0.4, -0.2) is 55.9 Å². The molecule has 1 aromatic carbocycles. The second-order valence-corrected chi connectivity index (χ2v) is 7.47. The van der Waals surface area contributed by atoms with E-state index in [1.807, 2.05) is 26.0 Å². The highest BCUT2D eigenvalue weighted by atomic mass is 16.5. The van der Waals surface area contributed by atoms with Gasteiger partial charge in [0.05, 0.1) is 26.4 Å². The Morgan fingerprint density at radius 1 is 1.19 bits per heavy atom. The number of methoxy groups -OCH3 is 2. The van der Waals surface area contributed by atoms with Crippen LogP contribution in [0.4, 0.5) is 0 Å². The van der Waals surface area contributed by atoms with Gasteiger partial charge in [0, 0.05) is 13.1 Å². The smallest absolute Gasteiger partial charge is 0.251 e. The molecule has 1 atom stereocenters. The van der Waals surface area contributed by atoms with Crippen LogP contribution in [0.3, 0.4) is 0 Å². The molecule has 0 bridgehead atoms. The predicted molar refractivity (Wildman–Crippen MR) is 97.5 cm³/mol. The van der Waals surface area contributed by atoms with Gasteiger partial charge in [-0.3, -0.25) is 4.79 Å². The van der Waals surface area contributed by atoms with Crippen molar-refractivity contribution in [2.75, 3.05) is 33.9 Å². The van der Waals surface area contributed by atoms with Crippen LogP contribution in [0.25, 0.3) is 0 Å². The maximum absolute atomic E-state index is 12.4. The van der Waals surface area contributed by atoms with Crippen molar-refractivity contribution >= 4 is 5.91 Å². The third-order valence-electron chi connectivity index (χ3n) is 5.62. The number of hydrogen-bond donors (Lipinski definition) is 1. The number of nitrogens with zero attached hydrogens (tertiary/aromatic N) is 1. The van der Waals surface area contributed by atoms with Gasteiger partial charge >= 0.3 is 0 Å². The third kappa shape index (κ3) is 3.28. The highest BCUT2D eigenvalue weighted by Gasteiger charge is 2.43. The Bertz CT molecular complexity index is 664. The average molecular weight is 363 g/mol. The first kappa shape index (κ1) is 19.0. The van der Waals surface area contributed by atoms with Crippen molar-refractivity contribution in [1.29, 1.82) is 0 Å². The highest BCUT2D eigenvalue weighted by molar-refractivity contribution is 5.81. The van der Waals surface area contributed by atoms with Gasteiger partial charge in [0.1, 0.15) is 6.10 Å². The highest BCUT2D eigenvalue weighted by Crippen LogP contribution is 2.45. The standard InChI is InChI=1S/C20H29NO5/c1-13(2)18(22)19(23)21-8-6-20(7-9-21)15-12-17(25-4)16(24-3)11-14(15)5-10-26-20/h11-13,18,22H,5-10H2,1-4H3/t18-/m1/s1. The van der Waals surface area contributed by atoms with E-state index in [4.69, 9.17) is 14.2 Å². The normalized spacial score (nSPS) is 20.0. The van der Waals surface area contributed by atoms with Gasteiger partial charge in [0.25, 0.3) is 5.91 Å². The number of fused-ring (bicyclic) bond motifs is 2. The third-order valence-corrected chi connectivity index (χ3v) is 5.62. The number of aliphatic hydroxyl groups is 1. The molecule has 26 heavy (non-hydrogen) atoms. The van der Waals surface area contributed by atoms with Gasteiger partial charge in [-0.2, -0.15) is 0 Å². The summed E-state index contributed by atoms with van der Waals surface area (Å²) >= 11 is 0. The van der Waals surface area contributed by atoms with Crippen molar-refractivity contribution in [3.8, 4) is 11.5 Å². The van der Waals surface area contributed by atoms with Gasteiger partial charge in [0.2, 0.25) is 0 Å². The van der Waals surface area contributed by atoms with Crippen LogP contribution in [-0.2, 0) is 21.6 Å². The SMILES string of the molecule is COc1cc2c(cc1OC)C1(CCN(C(=O)[C@H](O)C(C)C)CC1)OCC2. The Balaban J connectivity index is 1.83. The molecule has 1 amide bonds. The maximum atomic E-state index is 12.4. The summed E-state index contributed by atoms with van der Waals surface area (Å²) < 4.78 is 17.1. The molecular formula is C20H29NO5. The number of hydrogen-bond acceptors (Lipinski definition) is 5. The Morgan fingerprint density at radius 2 is 1.81 bits per heavy atom. The quantitative estimate of drug-likeness (QED) is 0.887. The first-order valence-electron chi connectivity index (χ1n) is 9.28. The molecule has 2 aliphatic heterocycles. The molecule has 1 N–H and O–H groups in total. The van der Waals surface area contributed by atoms with Crippen LogP contribution in [0.2, 0.25) is 0 Å². The van der Waals surface area contributed by atoms with E-state index in [9.17, 15) is 9.90 Å². The van der Waals surface area contributed by atoms with Crippen molar-refractivity contribution < 1.29 is 24.1 Å². The molecule has 144 valence electrons. The summed E-state index contributed by atoms with van der Waals surface area (Å²) in [5, 5.41) is 10.1. The number of piperidine rings is 1. The lowest BCUT2D eigenvalue weighted by molar-refractivity contribution is -0.150. The van der Waals surface area contributed by atoms with Crippen molar-refractivity contribution in [1.82, 2.24) is 4.90 Å². The molecule has 6 heteroatoms. The van der Waals surface area contributed by atoms with Gasteiger partial charge < -0.3 is 24.2 Å². The van der Waals surface area contributed by atoms with Gasteiger partial charge in [-0.25, -0.2) is 0 Å². The summed E-state index contributed by atoms with van der Waals surface area (Å²) in [6.45, 7) is 5.53. The van der Waals surface area contributed by atoms with Crippen molar-refractivity contribution in [3.05, 3.63) is 23.3 Å². The minimum atomic E-state index is -0.937. The first-order chi connectivity index (χ1) is 12.4. The largest absolute Gasteiger partial charge is 0.493 e. The topological polar surface area (TPSA) is 68.2 Å². The summed E-state index contributed by atoms with van der Waals surface area (Å²) in [5.74, 6) is 1.17. The van der Waals surface area contributed by atoms with E-state index in [1.54, 1.807) is 19.1 Å². The Kier molecular flexibility index (Phi) is 5.44. The number of rotatable bonds is 4. The van der Waals surface area contributed by atoms with Gasteiger partial charge in [-0.15, -0.1) is 0 Å². The molecule has 1 aromatic rings. The second-order valence-electron chi connectivity index (χ2n) is 7.47. The molecule has 1 fully saturated rings. The van der Waals surface area contributed by atoms with Crippen LogP contribution >= 0.6 is 0 Å². The minimum absolute atomic E-state index is 0.0817. The monoisotopic (exact) mass is 363 g/mol. The van der Waals surface area contributed by atoms with Crippen molar-refractivity contribution in [3.63, 3.8) is 0 Å². The molecule has 0 radical (unpaired) electrons. The van der Waals surface area contributed by atoms with E-state index in [1.165, 1.54) is 5.56 Å². The number of amides is 1. The molecule has 0 unspecified atom stereocenters. The van der Waals surface area contributed by atoms with Gasteiger partial charge in [-0.05, 0) is 48.4 Å². The zero-order chi connectivity index (χ0) is 18.9. The lowest BCUT2D eigenvalue weighted by atomic mass is 9.79. The molecular weight excluding hydrogens is 334 g/mol. The number of carbonyl (C=O) groups is 1. The molecule has 6 nitrogen and oxygen atoms in total. The van der Waals surface area contributed by atoms with E-state index in [-0.39, 0.29) is 11.8 Å². The average Bonchev–Trinajstić information content (AvgIpc) is 2.66. The Morgan fingerprint density at radius 3 is 2.38 bits per heavy atom. The van der Waals surface area contributed by atoms with E-state index in [2.05, 4.69) is 0 Å². The van der Waals surface area contributed by atoms with Gasteiger partial charge in [0.15, 0.2) is 11.5 Å². The van der Waals surface area contributed by atoms with E-state index < -0.39 is 11.7 Å². The number of carbonyl (C=O) groups excluding carboxylic acids is 1. The summed E-state index contributed by atoms with van der Waals surface area (Å²) in [6, 6.07) is 4.06. The fourth-order valence-corrected chi connectivity index (χ4v) is 3.96. The molecule has 2 aliphatic rings. The van der Waals surface area contributed by atoms with Crippen LogP contribution in [0, 0.1) is 5.92 Å². The fraction of sp³-hybridized carbons (Fsp3) is 0.650. The van der Waals surface area contributed by atoms with E-state index in [0.717, 1.165) is 17.7 Å².